The van der Waals surface area contributed by atoms with Crippen molar-refractivity contribution >= 4 is 49.4 Å². The smallest absolute Gasteiger partial charge is 0.408 e. The van der Waals surface area contributed by atoms with Gasteiger partial charge in [0.15, 0.2) is 0 Å². The largest absolute Gasteiger partial charge is 0.492 e. The number of nitrogens with one attached hydrogen (secondary N) is 1. The topological polar surface area (TPSA) is 153 Å². The number of benzene rings is 2. The number of hydrogen-bond acceptors (Lipinski definition) is 9. The number of aryl methyl sites for hydroxylation is 4. The Bertz CT molecular complexity index is 2810. The summed E-state index contributed by atoms with van der Waals surface area (Å²) in [5, 5.41) is 6.89. The second-order valence-electron chi connectivity index (χ2n) is 17.7. The van der Waals surface area contributed by atoms with Crippen molar-refractivity contribution in [2.75, 3.05) is 13.1 Å². The lowest BCUT2D eigenvalue weighted by atomic mass is 9.91. The zero-order chi connectivity index (χ0) is 47.2. The first kappa shape index (κ1) is 39.0. The molecule has 6 aromatic rings. The quantitative estimate of drug-likeness (QED) is 0.123. The fourth-order valence-electron chi connectivity index (χ4n) is 7.66. The van der Waals surface area contributed by atoms with Gasteiger partial charge < -0.3 is 34.4 Å². The Morgan fingerprint density at radius 1 is 0.712 bits per heavy atom. The Morgan fingerprint density at radius 2 is 1.15 bits per heavy atom. The molecule has 12 heteroatoms. The molecular weight excluding hydrogens is 745 g/mol. The van der Waals surface area contributed by atoms with E-state index in [1.165, 1.54) is 0 Å². The molecule has 0 saturated heterocycles. The van der Waals surface area contributed by atoms with Crippen LogP contribution >= 0.6 is 0 Å². The number of aromatic nitrogens is 4. The lowest BCUT2D eigenvalue weighted by Crippen LogP contribution is -2.52. The standard InChI is InChI=1S/C26H35N3O4.C21H27N3O2/c1-16(2)14-26(7,28-24(31)33-25(4,5)6)15-32-18-9-10-19-20-11-12-27-17(3)22(20)29(8)23(30)21(19)13-18;1-13(2)11-21(4,22)12-26-15-6-7-16-17-8-9-23-14(3)19(17)24(5)20(25)18(16)10-15/h9-13,16H,14-15H2,1-8H3,(H,28,31);6-10,13H,11-12,22H2,1-5H3/i15D2;12D2. The molecule has 0 aliphatic heterocycles. The molecule has 0 bridgehead atoms. The number of carbonyl (C=O) groups is 1. The number of nitrogens with two attached hydrogens (primary N) is 1. The van der Waals surface area contributed by atoms with E-state index in [1.807, 2.05) is 53.7 Å². The van der Waals surface area contributed by atoms with Gasteiger partial charge in [0.2, 0.25) is 0 Å². The number of ether oxygens (including phenoxy) is 3. The van der Waals surface area contributed by atoms with Gasteiger partial charge in [0.25, 0.3) is 11.1 Å². The van der Waals surface area contributed by atoms with Crippen LogP contribution in [0.3, 0.4) is 0 Å². The summed E-state index contributed by atoms with van der Waals surface area (Å²) < 4.78 is 54.3. The monoisotopic (exact) mass is 810 g/mol. The van der Waals surface area contributed by atoms with Gasteiger partial charge in [-0.05, 0) is 132 Å². The highest BCUT2D eigenvalue weighted by molar-refractivity contribution is 6.07. The number of alkyl carbamates (subject to hydrolysis) is 1. The van der Waals surface area contributed by atoms with Gasteiger partial charge in [0.05, 0.1) is 44.2 Å². The van der Waals surface area contributed by atoms with Crippen molar-refractivity contribution in [3.05, 3.63) is 93.0 Å². The molecule has 0 aliphatic rings. The van der Waals surface area contributed by atoms with Crippen molar-refractivity contribution < 1.29 is 24.5 Å². The first-order valence-corrected chi connectivity index (χ1v) is 19.9. The van der Waals surface area contributed by atoms with Crippen LogP contribution in [0, 0.1) is 25.7 Å². The molecule has 3 N–H and O–H groups in total. The second kappa shape index (κ2) is 17.4. The van der Waals surface area contributed by atoms with Gasteiger partial charge in [-0.25, -0.2) is 4.79 Å². The van der Waals surface area contributed by atoms with Crippen LogP contribution in [0.4, 0.5) is 4.79 Å². The van der Waals surface area contributed by atoms with Crippen molar-refractivity contribution in [1.82, 2.24) is 24.4 Å². The number of hydrogen-bond donors (Lipinski definition) is 2. The number of nitrogens with zero attached hydrogens (tertiary/aromatic N) is 4. The van der Waals surface area contributed by atoms with E-state index in [0.29, 0.717) is 23.6 Å². The van der Waals surface area contributed by atoms with Gasteiger partial charge in [-0.15, -0.1) is 0 Å². The van der Waals surface area contributed by atoms with Crippen molar-refractivity contribution in [3.8, 4) is 11.5 Å². The highest BCUT2D eigenvalue weighted by Gasteiger charge is 2.31. The molecule has 0 saturated carbocycles. The zero-order valence-corrected chi connectivity index (χ0v) is 36.7. The Labute approximate surface area is 352 Å². The van der Waals surface area contributed by atoms with Crippen LogP contribution in [0.5, 0.6) is 11.5 Å². The average molecular weight is 811 g/mol. The van der Waals surface area contributed by atoms with Crippen molar-refractivity contribution in [1.29, 1.82) is 0 Å². The van der Waals surface area contributed by atoms with E-state index in [1.54, 1.807) is 107 Å². The van der Waals surface area contributed by atoms with Crippen molar-refractivity contribution in [2.45, 2.75) is 106 Å². The molecule has 316 valence electrons. The summed E-state index contributed by atoms with van der Waals surface area (Å²) in [4.78, 5) is 47.2. The summed E-state index contributed by atoms with van der Waals surface area (Å²) in [6.45, 7) is 15.7. The highest BCUT2D eigenvalue weighted by Crippen LogP contribution is 2.29. The first-order chi connectivity index (χ1) is 29.0. The first-order valence-electron chi connectivity index (χ1n) is 21.9. The summed E-state index contributed by atoms with van der Waals surface area (Å²) in [5.74, 6) is 0.743. The van der Waals surface area contributed by atoms with Gasteiger partial charge in [-0.1, -0.05) is 27.7 Å². The number of pyridine rings is 4. The van der Waals surface area contributed by atoms with Crippen LogP contribution in [-0.4, -0.2) is 55.0 Å². The van der Waals surface area contributed by atoms with E-state index in [9.17, 15) is 14.4 Å². The predicted molar refractivity (Wildman–Crippen MR) is 239 cm³/mol. The van der Waals surface area contributed by atoms with Gasteiger partial charge in [-0.2, -0.15) is 0 Å². The molecule has 0 radical (unpaired) electrons. The third-order valence-corrected chi connectivity index (χ3v) is 9.74. The maximum Gasteiger partial charge on any atom is 0.408 e. The Hall–Kier alpha value is -5.49. The average Bonchev–Trinajstić information content (AvgIpc) is 3.14. The van der Waals surface area contributed by atoms with Crippen LogP contribution in [0.1, 0.15) is 92.0 Å². The lowest BCUT2D eigenvalue weighted by Gasteiger charge is -2.33. The van der Waals surface area contributed by atoms with E-state index < -0.39 is 35.9 Å². The molecule has 59 heavy (non-hydrogen) atoms. The van der Waals surface area contributed by atoms with E-state index in [2.05, 4.69) is 15.3 Å². The van der Waals surface area contributed by atoms with Crippen LogP contribution in [0.2, 0.25) is 0 Å². The Balaban J connectivity index is 0.000000243. The number of amides is 1. The molecule has 2 atom stereocenters. The zero-order valence-electron chi connectivity index (χ0n) is 40.7. The number of fused-ring (bicyclic) bond motifs is 6. The fourth-order valence-corrected chi connectivity index (χ4v) is 7.66. The number of rotatable bonds is 11. The van der Waals surface area contributed by atoms with Gasteiger partial charge in [0.1, 0.15) is 30.2 Å². The molecule has 1 amide bonds. The Morgan fingerprint density at radius 3 is 1.58 bits per heavy atom. The Kier molecular flexibility index (Phi) is 11.5. The fraction of sp³-hybridized carbons (Fsp3) is 0.468. The molecule has 12 nitrogen and oxygen atoms in total. The summed E-state index contributed by atoms with van der Waals surface area (Å²) >= 11 is 0. The third-order valence-electron chi connectivity index (χ3n) is 9.74. The maximum absolute atomic E-state index is 13.1. The molecule has 0 spiro atoms. The molecular formula is C47H62N6O6. The van der Waals surface area contributed by atoms with Crippen molar-refractivity contribution in [2.24, 2.45) is 31.7 Å². The van der Waals surface area contributed by atoms with E-state index in [4.69, 9.17) is 25.4 Å². The van der Waals surface area contributed by atoms with Crippen molar-refractivity contribution in [3.63, 3.8) is 0 Å². The maximum atomic E-state index is 13.1. The van der Waals surface area contributed by atoms with Crippen LogP contribution < -0.4 is 31.6 Å². The molecule has 0 aliphatic carbocycles. The summed E-state index contributed by atoms with van der Waals surface area (Å²) in [5.41, 5.74) is 5.58. The minimum atomic E-state index is -2.32. The van der Waals surface area contributed by atoms with Crippen LogP contribution in [0.25, 0.3) is 43.4 Å². The van der Waals surface area contributed by atoms with Crippen LogP contribution in [0.15, 0.2) is 70.5 Å². The summed E-state index contributed by atoms with van der Waals surface area (Å²) in [6.07, 6.45) is 3.45. The van der Waals surface area contributed by atoms with E-state index in [-0.39, 0.29) is 34.5 Å². The SMILES string of the molecule is [2H]C([2H])(Oc1ccc2c(c1)c(=O)n(C)c1c(C)nccc21)C(C)(CC(C)C)NC(=O)OC(C)(C)C.[2H]C([2H])(Oc1ccc2c(c1)c(=O)n(C)c1c(C)nccc21)C(C)(N)CC(C)C. The summed E-state index contributed by atoms with van der Waals surface area (Å²) in [7, 11) is 3.40. The van der Waals surface area contributed by atoms with Gasteiger partial charge in [0, 0.05) is 42.8 Å². The lowest BCUT2D eigenvalue weighted by molar-refractivity contribution is 0.0408. The molecule has 4 aromatic heterocycles. The molecule has 4 heterocycles. The second-order valence-corrected chi connectivity index (χ2v) is 17.7. The number of carbonyl (C=O) groups excluding carboxylic acids is 1. The van der Waals surface area contributed by atoms with E-state index in [0.717, 1.165) is 44.0 Å². The third kappa shape index (κ3) is 10.6. The predicted octanol–water partition coefficient (Wildman–Crippen LogP) is 8.64. The minimum Gasteiger partial charge on any atom is -0.492 e. The van der Waals surface area contributed by atoms with E-state index >= 15 is 0 Å². The minimum absolute atomic E-state index is 0.0562. The van der Waals surface area contributed by atoms with Gasteiger partial charge >= 0.3 is 6.09 Å². The van der Waals surface area contributed by atoms with Crippen LogP contribution in [-0.2, 0) is 18.8 Å². The highest BCUT2D eigenvalue weighted by atomic mass is 16.6. The molecule has 0 fully saturated rings. The molecule has 2 unspecified atom stereocenters. The normalized spacial score (nSPS) is 15.5. The summed E-state index contributed by atoms with van der Waals surface area (Å²) in [6, 6.07) is 13.7. The molecule has 6 rings (SSSR count). The van der Waals surface area contributed by atoms with Gasteiger partial charge in [-0.3, -0.25) is 19.6 Å². The molecule has 2 aromatic carbocycles.